The van der Waals surface area contributed by atoms with Gasteiger partial charge in [-0.3, -0.25) is 0 Å². The average Bonchev–Trinajstić information content (AvgIpc) is 2.06. The Balaban J connectivity index is 2.44. The third-order valence-corrected chi connectivity index (χ3v) is 2.67. The van der Waals surface area contributed by atoms with E-state index in [2.05, 4.69) is 39.0 Å². The van der Waals surface area contributed by atoms with Crippen molar-refractivity contribution in [3.05, 3.63) is 29.3 Å². The molecule has 1 aliphatic heterocycles. The van der Waals surface area contributed by atoms with E-state index in [4.69, 9.17) is 4.74 Å². The van der Waals surface area contributed by atoms with Gasteiger partial charge < -0.3 is 4.74 Å². The topological polar surface area (TPSA) is 9.23 Å². The molecule has 1 heteroatoms. The molecule has 0 radical (unpaired) electrons. The van der Waals surface area contributed by atoms with Crippen molar-refractivity contribution in [1.29, 1.82) is 0 Å². The van der Waals surface area contributed by atoms with Crippen LogP contribution in [0.25, 0.3) is 0 Å². The monoisotopic (exact) mass is 176 g/mol. The van der Waals surface area contributed by atoms with Crippen LogP contribution in [0.15, 0.2) is 18.2 Å². The second kappa shape index (κ2) is 2.76. The number of benzene rings is 1. The lowest BCUT2D eigenvalue weighted by Gasteiger charge is -2.33. The molecule has 0 N–H and O–H groups in total. The molecular weight excluding hydrogens is 160 g/mol. The Labute approximate surface area is 79.7 Å². The van der Waals surface area contributed by atoms with Crippen LogP contribution in [-0.2, 0) is 6.42 Å². The maximum atomic E-state index is 5.95. The van der Waals surface area contributed by atoms with Gasteiger partial charge in [0.2, 0.25) is 0 Å². The maximum Gasteiger partial charge on any atom is 0.126 e. The predicted octanol–water partition coefficient (Wildman–Crippen LogP) is 3.10. The molecule has 0 bridgehead atoms. The number of para-hydroxylation sites is 1. The van der Waals surface area contributed by atoms with Gasteiger partial charge in [0.25, 0.3) is 0 Å². The minimum absolute atomic E-state index is 0.0130. The van der Waals surface area contributed by atoms with Crippen LogP contribution in [0.3, 0.4) is 0 Å². The summed E-state index contributed by atoms with van der Waals surface area (Å²) in [5.74, 6) is 1.11. The van der Waals surface area contributed by atoms with Gasteiger partial charge in [-0.05, 0) is 44.7 Å². The molecular formula is C12H16O. The highest BCUT2D eigenvalue weighted by Gasteiger charge is 2.26. The molecule has 1 nitrogen and oxygen atoms in total. The summed E-state index contributed by atoms with van der Waals surface area (Å²) in [6, 6.07) is 6.38. The normalized spacial score (nSPS) is 19.0. The van der Waals surface area contributed by atoms with E-state index in [-0.39, 0.29) is 5.60 Å². The zero-order valence-electron chi connectivity index (χ0n) is 8.55. The number of hydrogen-bond donors (Lipinski definition) is 0. The van der Waals surface area contributed by atoms with E-state index in [1.807, 2.05) is 0 Å². The lowest BCUT2D eigenvalue weighted by Crippen LogP contribution is -2.32. The molecule has 1 aromatic rings. The Bertz CT molecular complexity index is 326. The fraction of sp³-hybridized carbons (Fsp3) is 0.500. The highest BCUT2D eigenvalue weighted by Crippen LogP contribution is 2.35. The van der Waals surface area contributed by atoms with Crippen molar-refractivity contribution in [2.45, 2.75) is 39.2 Å². The van der Waals surface area contributed by atoms with E-state index in [0.29, 0.717) is 0 Å². The largest absolute Gasteiger partial charge is 0.487 e. The molecule has 0 amide bonds. The Kier molecular flexibility index (Phi) is 1.83. The first-order chi connectivity index (χ1) is 6.08. The molecule has 70 valence electrons. The molecule has 1 aliphatic rings. The second-order valence-corrected chi connectivity index (χ2v) is 4.42. The SMILES string of the molecule is Cc1cccc2c1OC(C)(C)CC2. The first-order valence-electron chi connectivity index (χ1n) is 4.86. The van der Waals surface area contributed by atoms with Crippen molar-refractivity contribution >= 4 is 0 Å². The zero-order chi connectivity index (χ0) is 9.47. The minimum atomic E-state index is 0.0130. The molecule has 0 unspecified atom stereocenters. The third kappa shape index (κ3) is 1.55. The molecule has 2 rings (SSSR count). The van der Waals surface area contributed by atoms with Gasteiger partial charge in [0.05, 0.1) is 0 Å². The van der Waals surface area contributed by atoms with Gasteiger partial charge in [0, 0.05) is 0 Å². The summed E-state index contributed by atoms with van der Waals surface area (Å²) in [5, 5.41) is 0. The number of rotatable bonds is 0. The van der Waals surface area contributed by atoms with Crippen molar-refractivity contribution in [1.82, 2.24) is 0 Å². The lowest BCUT2D eigenvalue weighted by atomic mass is 9.93. The van der Waals surface area contributed by atoms with Crippen LogP contribution in [0.1, 0.15) is 31.4 Å². The van der Waals surface area contributed by atoms with Gasteiger partial charge in [-0.25, -0.2) is 0 Å². The minimum Gasteiger partial charge on any atom is -0.487 e. The summed E-state index contributed by atoms with van der Waals surface area (Å²) in [6.07, 6.45) is 2.26. The van der Waals surface area contributed by atoms with Crippen LogP contribution in [0, 0.1) is 6.92 Å². The number of hydrogen-bond acceptors (Lipinski definition) is 1. The van der Waals surface area contributed by atoms with Gasteiger partial charge >= 0.3 is 0 Å². The van der Waals surface area contributed by atoms with Gasteiger partial charge in [-0.2, -0.15) is 0 Å². The third-order valence-electron chi connectivity index (χ3n) is 2.67. The second-order valence-electron chi connectivity index (χ2n) is 4.42. The molecule has 0 atom stereocenters. The predicted molar refractivity (Wildman–Crippen MR) is 54.2 cm³/mol. The number of aryl methyl sites for hydroxylation is 2. The highest BCUT2D eigenvalue weighted by atomic mass is 16.5. The maximum absolute atomic E-state index is 5.95. The first-order valence-corrected chi connectivity index (χ1v) is 4.86. The van der Waals surface area contributed by atoms with Crippen LogP contribution in [-0.4, -0.2) is 5.60 Å². The first kappa shape index (κ1) is 8.61. The molecule has 0 aromatic heterocycles. The smallest absolute Gasteiger partial charge is 0.126 e. The van der Waals surface area contributed by atoms with Crippen molar-refractivity contribution in [3.63, 3.8) is 0 Å². The molecule has 1 aromatic carbocycles. The lowest BCUT2D eigenvalue weighted by molar-refractivity contribution is 0.0837. The average molecular weight is 176 g/mol. The summed E-state index contributed by atoms with van der Waals surface area (Å²) in [4.78, 5) is 0. The van der Waals surface area contributed by atoms with E-state index in [1.165, 1.54) is 11.1 Å². The molecule has 0 spiro atoms. The Morgan fingerprint density at radius 2 is 2.08 bits per heavy atom. The van der Waals surface area contributed by atoms with Crippen molar-refractivity contribution < 1.29 is 4.74 Å². The molecule has 0 saturated carbocycles. The van der Waals surface area contributed by atoms with Gasteiger partial charge in [-0.1, -0.05) is 18.2 Å². The van der Waals surface area contributed by atoms with E-state index < -0.39 is 0 Å². The fourth-order valence-corrected chi connectivity index (χ4v) is 1.82. The summed E-state index contributed by atoms with van der Waals surface area (Å²) >= 11 is 0. The van der Waals surface area contributed by atoms with Crippen LogP contribution in [0.5, 0.6) is 5.75 Å². The van der Waals surface area contributed by atoms with Crippen LogP contribution < -0.4 is 4.74 Å². The summed E-state index contributed by atoms with van der Waals surface area (Å²) in [5.41, 5.74) is 2.63. The zero-order valence-corrected chi connectivity index (χ0v) is 8.55. The van der Waals surface area contributed by atoms with E-state index >= 15 is 0 Å². The van der Waals surface area contributed by atoms with Crippen LogP contribution >= 0.6 is 0 Å². The fourth-order valence-electron chi connectivity index (χ4n) is 1.82. The van der Waals surface area contributed by atoms with E-state index in [0.717, 1.165) is 18.6 Å². The van der Waals surface area contributed by atoms with E-state index in [9.17, 15) is 0 Å². The summed E-state index contributed by atoms with van der Waals surface area (Å²) in [7, 11) is 0. The Morgan fingerprint density at radius 3 is 2.85 bits per heavy atom. The Morgan fingerprint density at radius 1 is 1.31 bits per heavy atom. The number of ether oxygens (including phenoxy) is 1. The number of fused-ring (bicyclic) bond motifs is 1. The van der Waals surface area contributed by atoms with Crippen molar-refractivity contribution in [3.8, 4) is 5.75 Å². The Hall–Kier alpha value is -0.980. The molecule has 0 aliphatic carbocycles. The molecule has 0 fully saturated rings. The summed E-state index contributed by atoms with van der Waals surface area (Å²) in [6.45, 7) is 6.42. The molecule has 1 heterocycles. The van der Waals surface area contributed by atoms with Crippen molar-refractivity contribution in [2.24, 2.45) is 0 Å². The van der Waals surface area contributed by atoms with Crippen LogP contribution in [0.4, 0.5) is 0 Å². The highest BCUT2D eigenvalue weighted by molar-refractivity contribution is 5.42. The van der Waals surface area contributed by atoms with E-state index in [1.54, 1.807) is 0 Å². The van der Waals surface area contributed by atoms with Crippen molar-refractivity contribution in [2.75, 3.05) is 0 Å². The standard InChI is InChI=1S/C12H16O/c1-9-5-4-6-10-7-8-12(2,3)13-11(9)10/h4-6H,7-8H2,1-3H3. The van der Waals surface area contributed by atoms with Crippen LogP contribution in [0.2, 0.25) is 0 Å². The van der Waals surface area contributed by atoms with Gasteiger partial charge in [0.15, 0.2) is 0 Å². The van der Waals surface area contributed by atoms with Gasteiger partial charge in [0.1, 0.15) is 11.4 Å². The quantitative estimate of drug-likeness (QED) is 0.590. The van der Waals surface area contributed by atoms with Gasteiger partial charge in [-0.15, -0.1) is 0 Å². The molecule has 13 heavy (non-hydrogen) atoms. The molecule has 0 saturated heterocycles. The summed E-state index contributed by atoms with van der Waals surface area (Å²) < 4.78 is 5.95.